The molecular weight excluding hydrogens is 254 g/mol. The van der Waals surface area contributed by atoms with E-state index < -0.39 is 0 Å². The van der Waals surface area contributed by atoms with Crippen molar-refractivity contribution in [3.05, 3.63) is 45.2 Å². The minimum Gasteiger partial charge on any atom is -0.469 e. The van der Waals surface area contributed by atoms with Gasteiger partial charge in [0.2, 0.25) is 0 Å². The van der Waals surface area contributed by atoms with E-state index in [-0.39, 0.29) is 11.4 Å². The van der Waals surface area contributed by atoms with E-state index in [1.165, 1.54) is 7.11 Å². The van der Waals surface area contributed by atoms with Gasteiger partial charge in [-0.1, -0.05) is 6.07 Å². The Labute approximate surface area is 118 Å². The van der Waals surface area contributed by atoms with Gasteiger partial charge in [0.15, 0.2) is 5.43 Å². The van der Waals surface area contributed by atoms with Gasteiger partial charge < -0.3 is 9.30 Å². The first-order valence-corrected chi connectivity index (χ1v) is 6.62. The second-order valence-electron chi connectivity index (χ2n) is 5.14. The largest absolute Gasteiger partial charge is 0.469 e. The molecule has 106 valence electrons. The molecule has 0 aliphatic carbocycles. The average molecular weight is 273 g/mol. The van der Waals surface area contributed by atoms with Crippen molar-refractivity contribution in [2.45, 2.75) is 33.7 Å². The maximum Gasteiger partial charge on any atom is 0.307 e. The quantitative estimate of drug-likeness (QED) is 0.807. The molecule has 0 saturated carbocycles. The number of carbonyl (C=O) groups excluding carboxylic acids is 1. The van der Waals surface area contributed by atoms with Crippen molar-refractivity contribution >= 4 is 16.9 Å². The fourth-order valence-electron chi connectivity index (χ4n) is 2.52. The van der Waals surface area contributed by atoms with E-state index in [2.05, 4.69) is 4.74 Å². The number of hydrogen-bond acceptors (Lipinski definition) is 3. The molecule has 4 heteroatoms. The Morgan fingerprint density at radius 2 is 1.90 bits per heavy atom. The number of hydrogen-bond donors (Lipinski definition) is 0. The number of pyridine rings is 1. The standard InChI is InChI=1S/C16H19NO3/c1-10-7-11(2)15-13(8-10)17(6-5-14(18)20-4)9-12(3)16(15)19/h7-9H,5-6H2,1-4H3. The lowest BCUT2D eigenvalue weighted by Gasteiger charge is -2.14. The lowest BCUT2D eigenvalue weighted by atomic mass is 10.0. The van der Waals surface area contributed by atoms with Crippen molar-refractivity contribution in [2.75, 3.05) is 7.11 Å². The highest BCUT2D eigenvalue weighted by molar-refractivity contribution is 5.84. The van der Waals surface area contributed by atoms with E-state index in [1.54, 1.807) is 6.92 Å². The van der Waals surface area contributed by atoms with Crippen LogP contribution in [0.4, 0.5) is 0 Å². The molecule has 0 unspecified atom stereocenters. The highest BCUT2D eigenvalue weighted by atomic mass is 16.5. The number of carbonyl (C=O) groups is 1. The molecule has 1 aromatic carbocycles. The van der Waals surface area contributed by atoms with Crippen LogP contribution in [0.1, 0.15) is 23.1 Å². The third-order valence-electron chi connectivity index (χ3n) is 3.49. The number of esters is 1. The van der Waals surface area contributed by atoms with Crippen molar-refractivity contribution in [3.8, 4) is 0 Å². The fraction of sp³-hybridized carbons (Fsp3) is 0.375. The summed E-state index contributed by atoms with van der Waals surface area (Å²) in [6.07, 6.45) is 2.10. The predicted molar refractivity (Wildman–Crippen MR) is 79.1 cm³/mol. The number of methoxy groups -OCH3 is 1. The van der Waals surface area contributed by atoms with Gasteiger partial charge in [-0.05, 0) is 38.0 Å². The SMILES string of the molecule is COC(=O)CCn1cc(C)c(=O)c2c(C)cc(C)cc21. The first kappa shape index (κ1) is 14.3. The smallest absolute Gasteiger partial charge is 0.307 e. The van der Waals surface area contributed by atoms with Crippen LogP contribution in [0.5, 0.6) is 0 Å². The number of ether oxygens (including phenoxy) is 1. The van der Waals surface area contributed by atoms with Gasteiger partial charge in [0.25, 0.3) is 0 Å². The highest BCUT2D eigenvalue weighted by Gasteiger charge is 2.10. The van der Waals surface area contributed by atoms with E-state index >= 15 is 0 Å². The molecule has 0 bridgehead atoms. The summed E-state index contributed by atoms with van der Waals surface area (Å²) in [5, 5.41) is 0.737. The molecule has 0 aliphatic heterocycles. The van der Waals surface area contributed by atoms with E-state index in [0.717, 1.165) is 22.0 Å². The molecule has 0 saturated heterocycles. The molecule has 20 heavy (non-hydrogen) atoms. The number of aryl methyl sites for hydroxylation is 4. The Kier molecular flexibility index (Phi) is 3.93. The van der Waals surface area contributed by atoms with E-state index in [9.17, 15) is 9.59 Å². The maximum atomic E-state index is 12.3. The molecule has 4 nitrogen and oxygen atoms in total. The summed E-state index contributed by atoms with van der Waals surface area (Å²) in [6, 6.07) is 3.99. The van der Waals surface area contributed by atoms with Crippen molar-refractivity contribution < 1.29 is 9.53 Å². The monoisotopic (exact) mass is 273 g/mol. The van der Waals surface area contributed by atoms with Crippen LogP contribution in [0.3, 0.4) is 0 Å². The van der Waals surface area contributed by atoms with Crippen LogP contribution >= 0.6 is 0 Å². The Hall–Kier alpha value is -2.10. The van der Waals surface area contributed by atoms with Crippen LogP contribution < -0.4 is 5.43 Å². The Morgan fingerprint density at radius 3 is 2.55 bits per heavy atom. The first-order valence-electron chi connectivity index (χ1n) is 6.62. The molecular formula is C16H19NO3. The second kappa shape index (κ2) is 5.49. The summed E-state index contributed by atoms with van der Waals surface area (Å²) in [5.74, 6) is -0.251. The van der Waals surface area contributed by atoms with Gasteiger partial charge in [-0.25, -0.2) is 0 Å². The minimum atomic E-state index is -0.251. The van der Waals surface area contributed by atoms with Crippen LogP contribution in [0.2, 0.25) is 0 Å². The zero-order valence-corrected chi connectivity index (χ0v) is 12.3. The van der Waals surface area contributed by atoms with E-state index in [0.29, 0.717) is 18.5 Å². The molecule has 1 heterocycles. The molecule has 0 atom stereocenters. The van der Waals surface area contributed by atoms with Crippen LogP contribution in [0, 0.1) is 20.8 Å². The lowest BCUT2D eigenvalue weighted by molar-refractivity contribution is -0.140. The average Bonchev–Trinajstić information content (AvgIpc) is 2.40. The zero-order chi connectivity index (χ0) is 14.9. The molecule has 1 aromatic heterocycles. The molecule has 0 radical (unpaired) electrons. The van der Waals surface area contributed by atoms with Crippen LogP contribution in [0.15, 0.2) is 23.1 Å². The van der Waals surface area contributed by atoms with E-state index in [4.69, 9.17) is 0 Å². The summed E-state index contributed by atoms with van der Waals surface area (Å²) in [5.41, 5.74) is 3.70. The Morgan fingerprint density at radius 1 is 1.20 bits per heavy atom. The normalized spacial score (nSPS) is 10.8. The number of rotatable bonds is 3. The first-order chi connectivity index (χ1) is 9.43. The van der Waals surface area contributed by atoms with Gasteiger partial charge in [-0.15, -0.1) is 0 Å². The van der Waals surface area contributed by atoms with Crippen molar-refractivity contribution in [1.82, 2.24) is 4.57 Å². The van der Waals surface area contributed by atoms with Crippen LogP contribution in [0.25, 0.3) is 10.9 Å². The van der Waals surface area contributed by atoms with Crippen LogP contribution in [-0.4, -0.2) is 17.6 Å². The maximum absolute atomic E-state index is 12.3. The van der Waals surface area contributed by atoms with Gasteiger partial charge >= 0.3 is 5.97 Å². The summed E-state index contributed by atoms with van der Waals surface area (Å²) in [7, 11) is 1.38. The van der Waals surface area contributed by atoms with Crippen molar-refractivity contribution in [1.29, 1.82) is 0 Å². The number of benzene rings is 1. The number of fused-ring (bicyclic) bond motifs is 1. The molecule has 0 fully saturated rings. The fourth-order valence-corrected chi connectivity index (χ4v) is 2.52. The van der Waals surface area contributed by atoms with Crippen molar-refractivity contribution in [2.24, 2.45) is 0 Å². The van der Waals surface area contributed by atoms with Crippen LogP contribution in [-0.2, 0) is 16.1 Å². The van der Waals surface area contributed by atoms with Crippen molar-refractivity contribution in [3.63, 3.8) is 0 Å². The molecule has 0 spiro atoms. The van der Waals surface area contributed by atoms with Gasteiger partial charge in [-0.2, -0.15) is 0 Å². The molecule has 0 N–H and O–H groups in total. The summed E-state index contributed by atoms with van der Waals surface area (Å²) in [6.45, 7) is 6.26. The predicted octanol–water partition coefficient (Wildman–Crippen LogP) is 2.49. The topological polar surface area (TPSA) is 48.3 Å². The summed E-state index contributed by atoms with van der Waals surface area (Å²) in [4.78, 5) is 23.6. The van der Waals surface area contributed by atoms with Gasteiger partial charge in [-0.3, -0.25) is 9.59 Å². The Balaban J connectivity index is 2.62. The Bertz CT molecular complexity index is 729. The molecule has 0 amide bonds. The third-order valence-corrected chi connectivity index (χ3v) is 3.49. The molecule has 2 rings (SSSR count). The minimum absolute atomic E-state index is 0.0619. The van der Waals surface area contributed by atoms with Gasteiger partial charge in [0.1, 0.15) is 0 Å². The number of nitrogens with zero attached hydrogens (tertiary/aromatic N) is 1. The zero-order valence-electron chi connectivity index (χ0n) is 12.3. The third kappa shape index (κ3) is 2.59. The van der Waals surface area contributed by atoms with Gasteiger partial charge in [0.05, 0.1) is 19.0 Å². The second-order valence-corrected chi connectivity index (χ2v) is 5.14. The highest BCUT2D eigenvalue weighted by Crippen LogP contribution is 2.19. The van der Waals surface area contributed by atoms with E-state index in [1.807, 2.05) is 36.7 Å². The summed E-state index contributed by atoms with van der Waals surface area (Å²) < 4.78 is 6.63. The molecule has 2 aromatic rings. The number of aromatic nitrogens is 1. The summed E-state index contributed by atoms with van der Waals surface area (Å²) >= 11 is 0. The van der Waals surface area contributed by atoms with Gasteiger partial charge in [0, 0.05) is 23.7 Å². The molecule has 0 aliphatic rings. The lowest BCUT2D eigenvalue weighted by Crippen LogP contribution is -2.15.